The molecule has 0 spiro atoms. The molecule has 78 valence electrons. The van der Waals surface area contributed by atoms with Crippen molar-refractivity contribution in [1.82, 2.24) is 0 Å². The maximum Gasteiger partial charge on any atom is 0.270 e. The molecule has 15 heavy (non-hydrogen) atoms. The third kappa shape index (κ3) is 2.25. The lowest BCUT2D eigenvalue weighted by Crippen LogP contribution is -2.14. The Hall–Kier alpha value is -1.60. The van der Waals surface area contributed by atoms with Gasteiger partial charge in [0.25, 0.3) is 5.69 Å². The van der Waals surface area contributed by atoms with Gasteiger partial charge in [0.1, 0.15) is 0 Å². The minimum atomic E-state index is -0.744. The number of nitro benzene ring substituents is 1. The second-order valence-corrected chi connectivity index (χ2v) is 4.07. The number of non-ortho nitro benzene ring substituents is 1. The Labute approximate surface area is 92.2 Å². The van der Waals surface area contributed by atoms with E-state index in [2.05, 4.69) is 6.07 Å². The van der Waals surface area contributed by atoms with Crippen molar-refractivity contribution in [3.05, 3.63) is 38.9 Å². The summed E-state index contributed by atoms with van der Waals surface area (Å²) in [6.45, 7) is 3.42. The molecule has 0 heterocycles. The van der Waals surface area contributed by atoms with Crippen LogP contribution in [0.4, 0.5) is 5.69 Å². The van der Waals surface area contributed by atoms with Gasteiger partial charge in [0.05, 0.1) is 21.4 Å². The molecule has 0 aliphatic carbocycles. The van der Waals surface area contributed by atoms with Crippen molar-refractivity contribution in [3.8, 4) is 6.07 Å². The summed E-state index contributed by atoms with van der Waals surface area (Å²) in [5.41, 5.74) is -0.221. The van der Waals surface area contributed by atoms with Gasteiger partial charge >= 0.3 is 0 Å². The van der Waals surface area contributed by atoms with E-state index in [-0.39, 0.29) is 10.7 Å². The second-order valence-electron chi connectivity index (χ2n) is 3.66. The molecule has 0 saturated heterocycles. The van der Waals surface area contributed by atoms with Gasteiger partial charge in [-0.3, -0.25) is 10.1 Å². The largest absolute Gasteiger partial charge is 0.270 e. The van der Waals surface area contributed by atoms with Gasteiger partial charge in [0, 0.05) is 12.1 Å². The molecule has 0 unspecified atom stereocenters. The standard InChI is InChI=1S/C10H9ClN2O2/c1-10(2,6-12)8-4-3-7(13(14)15)5-9(8)11/h3-5H,1-2H3. The zero-order chi connectivity index (χ0) is 11.6. The van der Waals surface area contributed by atoms with E-state index >= 15 is 0 Å². The Morgan fingerprint density at radius 1 is 1.53 bits per heavy atom. The second kappa shape index (κ2) is 3.87. The Bertz CT molecular complexity index is 449. The van der Waals surface area contributed by atoms with E-state index in [0.717, 1.165) is 0 Å². The van der Waals surface area contributed by atoms with Crippen LogP contribution in [0.5, 0.6) is 0 Å². The van der Waals surface area contributed by atoms with Crippen LogP contribution in [0.15, 0.2) is 18.2 Å². The van der Waals surface area contributed by atoms with Crippen molar-refractivity contribution in [3.63, 3.8) is 0 Å². The van der Waals surface area contributed by atoms with E-state index in [4.69, 9.17) is 16.9 Å². The molecule has 0 aliphatic rings. The average molecular weight is 225 g/mol. The van der Waals surface area contributed by atoms with Crippen LogP contribution in [-0.4, -0.2) is 4.92 Å². The summed E-state index contributed by atoms with van der Waals surface area (Å²) < 4.78 is 0. The number of hydrogen-bond acceptors (Lipinski definition) is 3. The van der Waals surface area contributed by atoms with Crippen LogP contribution in [0.2, 0.25) is 5.02 Å². The molecule has 1 aromatic rings. The predicted octanol–water partition coefficient (Wildman–Crippen LogP) is 3.05. The quantitative estimate of drug-likeness (QED) is 0.573. The molecule has 0 amide bonds. The van der Waals surface area contributed by atoms with Gasteiger partial charge in [-0.25, -0.2) is 0 Å². The van der Waals surface area contributed by atoms with Gasteiger partial charge in [0.15, 0.2) is 0 Å². The summed E-state index contributed by atoms with van der Waals surface area (Å²) in [7, 11) is 0. The summed E-state index contributed by atoms with van der Waals surface area (Å²) in [4.78, 5) is 9.95. The minimum Gasteiger partial charge on any atom is -0.258 e. The topological polar surface area (TPSA) is 66.9 Å². The van der Waals surface area contributed by atoms with Crippen molar-refractivity contribution in [2.75, 3.05) is 0 Å². The zero-order valence-electron chi connectivity index (χ0n) is 8.32. The Morgan fingerprint density at radius 2 is 2.13 bits per heavy atom. The Balaban J connectivity index is 3.27. The highest BCUT2D eigenvalue weighted by atomic mass is 35.5. The minimum absolute atomic E-state index is 0.0718. The van der Waals surface area contributed by atoms with Crippen molar-refractivity contribution < 1.29 is 4.92 Å². The first-order valence-electron chi connectivity index (χ1n) is 4.24. The molecule has 0 bridgehead atoms. The van der Waals surface area contributed by atoms with Crippen LogP contribution in [0.25, 0.3) is 0 Å². The highest BCUT2D eigenvalue weighted by Gasteiger charge is 2.24. The fraction of sp³-hybridized carbons (Fsp3) is 0.300. The van der Waals surface area contributed by atoms with E-state index < -0.39 is 10.3 Å². The monoisotopic (exact) mass is 224 g/mol. The number of hydrogen-bond donors (Lipinski definition) is 0. The number of nitrogens with zero attached hydrogens (tertiary/aromatic N) is 2. The highest BCUT2D eigenvalue weighted by molar-refractivity contribution is 6.31. The lowest BCUT2D eigenvalue weighted by molar-refractivity contribution is -0.384. The normalized spacial score (nSPS) is 10.8. The molecule has 0 radical (unpaired) electrons. The number of nitriles is 1. The van der Waals surface area contributed by atoms with Crippen LogP contribution in [0, 0.1) is 21.4 Å². The molecule has 0 N–H and O–H groups in total. The number of halogens is 1. The van der Waals surface area contributed by atoms with Gasteiger partial charge in [-0.2, -0.15) is 5.26 Å². The first-order valence-corrected chi connectivity index (χ1v) is 4.62. The maximum absolute atomic E-state index is 10.5. The molecule has 0 atom stereocenters. The summed E-state index contributed by atoms with van der Waals surface area (Å²) in [5.74, 6) is 0. The molecule has 5 heteroatoms. The van der Waals surface area contributed by atoms with Crippen molar-refractivity contribution in [2.24, 2.45) is 0 Å². The molecule has 4 nitrogen and oxygen atoms in total. The van der Waals surface area contributed by atoms with Gasteiger partial charge in [-0.15, -0.1) is 0 Å². The van der Waals surface area contributed by atoms with E-state index in [0.29, 0.717) is 5.56 Å². The first-order chi connectivity index (χ1) is 6.88. The van der Waals surface area contributed by atoms with E-state index in [9.17, 15) is 10.1 Å². The third-order valence-corrected chi connectivity index (χ3v) is 2.43. The van der Waals surface area contributed by atoms with Crippen LogP contribution >= 0.6 is 11.6 Å². The summed E-state index contributed by atoms with van der Waals surface area (Å²) in [6.07, 6.45) is 0. The van der Waals surface area contributed by atoms with Crippen LogP contribution < -0.4 is 0 Å². The number of rotatable bonds is 2. The van der Waals surface area contributed by atoms with Gasteiger partial charge in [0.2, 0.25) is 0 Å². The average Bonchev–Trinajstić information content (AvgIpc) is 2.17. The van der Waals surface area contributed by atoms with Gasteiger partial charge < -0.3 is 0 Å². The lowest BCUT2D eigenvalue weighted by atomic mass is 9.86. The van der Waals surface area contributed by atoms with Crippen LogP contribution in [0.1, 0.15) is 19.4 Å². The molecule has 1 rings (SSSR count). The molecule has 1 aromatic carbocycles. The molecule has 0 aromatic heterocycles. The summed E-state index contributed by atoms with van der Waals surface area (Å²) >= 11 is 5.88. The fourth-order valence-electron chi connectivity index (χ4n) is 1.18. The summed E-state index contributed by atoms with van der Waals surface area (Å²) in [5, 5.41) is 19.6. The first kappa shape index (κ1) is 11.5. The maximum atomic E-state index is 10.5. The molecular formula is C10H9ClN2O2. The Morgan fingerprint density at radius 3 is 2.53 bits per heavy atom. The van der Waals surface area contributed by atoms with E-state index in [1.54, 1.807) is 13.8 Å². The SMILES string of the molecule is CC(C)(C#N)c1ccc([N+](=O)[O-])cc1Cl. The molecule has 0 aliphatic heterocycles. The smallest absolute Gasteiger partial charge is 0.258 e. The lowest BCUT2D eigenvalue weighted by Gasteiger charge is -2.16. The molecule has 0 fully saturated rings. The zero-order valence-corrected chi connectivity index (χ0v) is 9.08. The van der Waals surface area contributed by atoms with E-state index in [1.165, 1.54) is 18.2 Å². The van der Waals surface area contributed by atoms with Crippen molar-refractivity contribution >= 4 is 17.3 Å². The number of nitro groups is 1. The molecule has 0 saturated carbocycles. The van der Waals surface area contributed by atoms with Gasteiger partial charge in [-0.05, 0) is 25.5 Å². The van der Waals surface area contributed by atoms with Crippen LogP contribution in [-0.2, 0) is 5.41 Å². The van der Waals surface area contributed by atoms with Crippen LogP contribution in [0.3, 0.4) is 0 Å². The van der Waals surface area contributed by atoms with E-state index in [1.807, 2.05) is 0 Å². The number of benzene rings is 1. The third-order valence-electron chi connectivity index (χ3n) is 2.12. The predicted molar refractivity (Wildman–Crippen MR) is 56.7 cm³/mol. The van der Waals surface area contributed by atoms with Crippen molar-refractivity contribution in [1.29, 1.82) is 5.26 Å². The summed E-state index contributed by atoms with van der Waals surface area (Å²) in [6, 6.07) is 6.22. The molecular weight excluding hydrogens is 216 g/mol. The fourth-order valence-corrected chi connectivity index (χ4v) is 1.60. The highest BCUT2D eigenvalue weighted by Crippen LogP contribution is 2.31. The van der Waals surface area contributed by atoms with Crippen molar-refractivity contribution in [2.45, 2.75) is 19.3 Å². The van der Waals surface area contributed by atoms with Gasteiger partial charge in [-0.1, -0.05) is 11.6 Å². The Kier molecular flexibility index (Phi) is 2.96.